The number of nitrogens with one attached hydrogen (secondary N) is 2. The van der Waals surface area contributed by atoms with Gasteiger partial charge in [-0.25, -0.2) is 14.4 Å². The summed E-state index contributed by atoms with van der Waals surface area (Å²) in [6.07, 6.45) is -4.85. The zero-order valence-corrected chi connectivity index (χ0v) is 23.1. The van der Waals surface area contributed by atoms with Gasteiger partial charge in [0.25, 0.3) is 5.91 Å². The quantitative estimate of drug-likeness (QED) is 0.153. The summed E-state index contributed by atoms with van der Waals surface area (Å²) in [5.74, 6) is -3.56. The molecule has 1 aromatic heterocycles. The maximum absolute atomic E-state index is 12.6. The molecule has 3 atom stereocenters. The van der Waals surface area contributed by atoms with Crippen molar-refractivity contribution < 1.29 is 49.8 Å². The number of ether oxygens (including phenoxy) is 1. The molecule has 228 valence electrons. The van der Waals surface area contributed by atoms with Crippen LogP contribution in [0.15, 0.2) is 41.2 Å². The van der Waals surface area contributed by atoms with E-state index in [1.807, 2.05) is 38.1 Å². The number of aliphatic hydroxyl groups is 3. The number of anilines is 1. The maximum Gasteiger partial charge on any atom is 0.335 e. The number of hydrogen-bond acceptors (Lipinski definition) is 10. The number of hydrogen-bond donors (Lipinski definition) is 8. The van der Waals surface area contributed by atoms with E-state index in [1.54, 1.807) is 16.2 Å². The lowest BCUT2D eigenvalue weighted by Gasteiger charge is -2.29. The first-order chi connectivity index (χ1) is 19.6. The van der Waals surface area contributed by atoms with Gasteiger partial charge in [0.2, 0.25) is 0 Å². The Morgan fingerprint density at radius 1 is 1.05 bits per heavy atom. The van der Waals surface area contributed by atoms with Gasteiger partial charge in [-0.2, -0.15) is 0 Å². The van der Waals surface area contributed by atoms with Crippen LogP contribution < -0.4 is 21.1 Å². The van der Waals surface area contributed by atoms with Crippen LogP contribution in [-0.2, 0) is 28.0 Å². The van der Waals surface area contributed by atoms with Crippen LogP contribution in [0.1, 0.15) is 31.9 Å². The Hall–Kier alpha value is -4.44. The molecular weight excluding hydrogens is 556 g/mol. The Balaban J connectivity index is 0.000000416. The lowest BCUT2D eigenvalue weighted by atomic mass is 9.99. The van der Waals surface area contributed by atoms with E-state index in [-0.39, 0.29) is 36.0 Å². The van der Waals surface area contributed by atoms with Crippen molar-refractivity contribution >= 4 is 34.6 Å². The number of para-hydroxylation sites is 2. The fourth-order valence-electron chi connectivity index (χ4n) is 4.27. The first-order valence-corrected chi connectivity index (χ1v) is 12.8. The van der Waals surface area contributed by atoms with Gasteiger partial charge < -0.3 is 46.0 Å². The number of carbonyl (C=O) groups is 3. The number of aryl methyl sites for hydroxylation is 2. The number of phenolic OH excluding ortho intramolecular Hbond substituents is 1. The van der Waals surface area contributed by atoms with Crippen LogP contribution in [0.4, 0.5) is 5.69 Å². The van der Waals surface area contributed by atoms with Crippen LogP contribution in [0.5, 0.6) is 11.5 Å². The third-order valence-corrected chi connectivity index (χ3v) is 6.67. The molecule has 1 aliphatic rings. The van der Waals surface area contributed by atoms with Crippen molar-refractivity contribution in [3.63, 3.8) is 0 Å². The third-order valence-electron chi connectivity index (χ3n) is 6.67. The van der Waals surface area contributed by atoms with Crippen LogP contribution in [0.2, 0.25) is 0 Å². The third kappa shape index (κ3) is 7.44. The van der Waals surface area contributed by atoms with Crippen molar-refractivity contribution in [2.75, 3.05) is 18.5 Å². The number of amides is 1. The number of rotatable bonds is 10. The summed E-state index contributed by atoms with van der Waals surface area (Å²) >= 11 is 0. The average molecular weight is 591 g/mol. The van der Waals surface area contributed by atoms with E-state index in [4.69, 9.17) is 25.2 Å². The van der Waals surface area contributed by atoms with Gasteiger partial charge in [-0.15, -0.1) is 0 Å². The normalized spacial score (nSPS) is 15.0. The second kappa shape index (κ2) is 13.0. The molecule has 0 saturated heterocycles. The summed E-state index contributed by atoms with van der Waals surface area (Å²) in [6.45, 7) is 4.59. The number of benzene rings is 2. The van der Waals surface area contributed by atoms with Crippen LogP contribution in [0.25, 0.3) is 11.0 Å². The highest BCUT2D eigenvalue weighted by Crippen LogP contribution is 2.38. The van der Waals surface area contributed by atoms with Crippen molar-refractivity contribution in [3.05, 3.63) is 52.4 Å². The number of carboxylic acid groups (broad SMARTS) is 2. The number of nitrogens with zero attached hydrogens (tertiary/aromatic N) is 2. The number of β-amino-alcohol motifs (C(OH)–C–C–N with tert-alkyl or cyclic N) is 1. The zero-order chi connectivity index (χ0) is 31.4. The van der Waals surface area contributed by atoms with Crippen molar-refractivity contribution in [1.82, 2.24) is 14.5 Å². The molecule has 15 nitrogen and oxygen atoms in total. The number of phenols is 1. The number of imidazole rings is 1. The molecule has 42 heavy (non-hydrogen) atoms. The molecule has 0 radical (unpaired) electrons. The molecular formula is C27H34N4O11. The van der Waals surface area contributed by atoms with E-state index in [1.165, 1.54) is 12.1 Å². The van der Waals surface area contributed by atoms with E-state index < -0.39 is 30.3 Å². The number of aromatic hydroxyl groups is 1. The van der Waals surface area contributed by atoms with Crippen molar-refractivity contribution in [2.45, 2.75) is 50.7 Å². The minimum absolute atomic E-state index is 0.0624. The largest absolute Gasteiger partial charge is 0.508 e. The van der Waals surface area contributed by atoms with Crippen LogP contribution in [0, 0.1) is 0 Å². The number of aliphatic hydroxyl groups excluding tert-OH is 3. The molecule has 2 aromatic carbocycles. The maximum atomic E-state index is 12.6. The number of carboxylic acids is 2. The van der Waals surface area contributed by atoms with Crippen molar-refractivity contribution in [1.29, 1.82) is 0 Å². The Kier molecular flexibility index (Phi) is 9.95. The summed E-state index contributed by atoms with van der Waals surface area (Å²) < 4.78 is 8.89. The van der Waals surface area contributed by atoms with E-state index >= 15 is 0 Å². The summed E-state index contributed by atoms with van der Waals surface area (Å²) in [4.78, 5) is 43.7. The average Bonchev–Trinajstić information content (AvgIpc) is 3.18. The number of fused-ring (bicyclic) bond motifs is 2. The summed E-state index contributed by atoms with van der Waals surface area (Å²) in [6, 6.07) is 10.5. The molecule has 2 heterocycles. The van der Waals surface area contributed by atoms with Crippen molar-refractivity contribution in [3.8, 4) is 11.5 Å². The summed E-state index contributed by atoms with van der Waals surface area (Å²) in [5.41, 5.74) is 2.07. The molecule has 0 spiro atoms. The lowest BCUT2D eigenvalue weighted by Crippen LogP contribution is -2.43. The van der Waals surface area contributed by atoms with Gasteiger partial charge >= 0.3 is 17.6 Å². The molecule has 0 bridgehead atoms. The molecule has 2 unspecified atom stereocenters. The Morgan fingerprint density at radius 2 is 1.64 bits per heavy atom. The Morgan fingerprint density at radius 3 is 2.24 bits per heavy atom. The molecule has 1 aliphatic heterocycles. The van der Waals surface area contributed by atoms with E-state index in [0.29, 0.717) is 30.0 Å². The second-order valence-electron chi connectivity index (χ2n) is 10.3. The van der Waals surface area contributed by atoms with E-state index in [2.05, 4.69) is 10.6 Å². The molecule has 4 rings (SSSR count). The van der Waals surface area contributed by atoms with Gasteiger partial charge in [-0.1, -0.05) is 12.1 Å². The predicted octanol–water partition coefficient (Wildman–Crippen LogP) is -0.254. The molecule has 1 amide bonds. The van der Waals surface area contributed by atoms with Gasteiger partial charge in [0.1, 0.15) is 11.5 Å². The van der Waals surface area contributed by atoms with Crippen LogP contribution in [-0.4, -0.2) is 88.5 Å². The zero-order valence-electron chi connectivity index (χ0n) is 23.1. The molecule has 0 fully saturated rings. The molecule has 0 aliphatic carbocycles. The summed E-state index contributed by atoms with van der Waals surface area (Å²) in [5, 5.41) is 59.3. The number of aliphatic carboxylic acids is 2. The first-order valence-electron chi connectivity index (χ1n) is 12.8. The second-order valence-corrected chi connectivity index (χ2v) is 10.3. The fraction of sp³-hybridized carbons (Fsp3) is 0.407. The van der Waals surface area contributed by atoms with Gasteiger partial charge in [-0.05, 0) is 38.5 Å². The van der Waals surface area contributed by atoms with E-state index in [9.17, 15) is 29.4 Å². The highest BCUT2D eigenvalue weighted by Gasteiger charge is 2.29. The minimum Gasteiger partial charge on any atom is -0.508 e. The Labute approximate surface area is 239 Å². The highest BCUT2D eigenvalue weighted by molar-refractivity contribution is 5.96. The highest BCUT2D eigenvalue weighted by atomic mass is 16.5. The van der Waals surface area contributed by atoms with Gasteiger partial charge in [0.15, 0.2) is 18.8 Å². The molecule has 8 N–H and O–H groups in total. The first kappa shape index (κ1) is 32.1. The van der Waals surface area contributed by atoms with Gasteiger partial charge in [-0.3, -0.25) is 13.9 Å². The molecule has 0 saturated carbocycles. The van der Waals surface area contributed by atoms with E-state index in [0.717, 1.165) is 11.0 Å². The van der Waals surface area contributed by atoms with Gasteiger partial charge in [0, 0.05) is 37.3 Å². The van der Waals surface area contributed by atoms with Crippen LogP contribution >= 0.6 is 0 Å². The fourth-order valence-corrected chi connectivity index (χ4v) is 4.27. The topological polar surface area (TPSA) is 233 Å². The van der Waals surface area contributed by atoms with Crippen molar-refractivity contribution in [2.24, 2.45) is 7.05 Å². The SMILES string of the molecule is Cn1c(=O)n(CCC(C)(C)NC[C@H](O)c2cc(O)cc3c2OCC(=O)N3)c2ccccc21.O=C(O)C(O)C(O)C(=O)O. The number of carbonyl (C=O) groups excluding carboxylic acids is 1. The lowest BCUT2D eigenvalue weighted by molar-refractivity contribution is -0.165. The standard InChI is InChI=1S/C23H28N4O5.C4H6O6/c1-23(2,8-9-27-18-7-5-4-6-17(18)26(3)22(27)31)24-12-19(29)15-10-14(28)11-16-21(15)32-13-20(30)25-16;5-1(3(7)8)2(6)4(9)10/h4-7,10-11,19,24,28-29H,8-9,12-13H2,1-3H3,(H,25,30);1-2,5-6H,(H,7,8)(H,9,10)/t19-;/m0./s1. The monoisotopic (exact) mass is 590 g/mol. The summed E-state index contributed by atoms with van der Waals surface area (Å²) in [7, 11) is 1.77. The van der Waals surface area contributed by atoms with Crippen LogP contribution in [0.3, 0.4) is 0 Å². The molecule has 15 heteroatoms. The molecule has 3 aromatic rings. The predicted molar refractivity (Wildman–Crippen MR) is 148 cm³/mol. The Bertz CT molecular complexity index is 1510. The minimum atomic E-state index is -2.27. The van der Waals surface area contributed by atoms with Gasteiger partial charge in [0.05, 0.1) is 22.8 Å². The smallest absolute Gasteiger partial charge is 0.335 e. The number of aromatic nitrogens is 2.